The second-order valence-corrected chi connectivity index (χ2v) is 9.20. The van der Waals surface area contributed by atoms with Gasteiger partial charge in [0.05, 0.1) is 24.8 Å². The Kier molecular flexibility index (Phi) is 6.17. The summed E-state index contributed by atoms with van der Waals surface area (Å²) in [6.07, 6.45) is 0. The SMILES string of the molecule is COc1ccc(CNS(=O)(=O)c2ccc3c(c2)NC(=O)C(C)CS3)cc1OC. The van der Waals surface area contributed by atoms with Crippen molar-refractivity contribution in [2.75, 3.05) is 25.3 Å². The molecule has 9 heteroatoms. The number of ether oxygens (including phenoxy) is 2. The molecular formula is C19H22N2O5S2. The zero-order valence-corrected chi connectivity index (χ0v) is 17.4. The third-order valence-electron chi connectivity index (χ3n) is 4.37. The number of anilines is 1. The fourth-order valence-corrected chi connectivity index (χ4v) is 4.75. The topological polar surface area (TPSA) is 93.7 Å². The smallest absolute Gasteiger partial charge is 0.240 e. The molecule has 1 aliphatic heterocycles. The summed E-state index contributed by atoms with van der Waals surface area (Å²) in [5.41, 5.74) is 1.25. The summed E-state index contributed by atoms with van der Waals surface area (Å²) in [5, 5.41) is 2.80. The maximum absolute atomic E-state index is 12.7. The van der Waals surface area contributed by atoms with Gasteiger partial charge in [0.1, 0.15) is 0 Å². The third-order valence-corrected chi connectivity index (χ3v) is 7.10. The fourth-order valence-electron chi connectivity index (χ4n) is 2.70. The number of carbonyl (C=O) groups excluding carboxylic acids is 1. The minimum atomic E-state index is -3.75. The molecule has 0 saturated carbocycles. The van der Waals surface area contributed by atoms with Crippen LogP contribution in [0.2, 0.25) is 0 Å². The second-order valence-electron chi connectivity index (χ2n) is 6.37. The van der Waals surface area contributed by atoms with Crippen LogP contribution in [0.25, 0.3) is 0 Å². The molecule has 0 fully saturated rings. The van der Waals surface area contributed by atoms with Gasteiger partial charge < -0.3 is 14.8 Å². The van der Waals surface area contributed by atoms with Gasteiger partial charge in [-0.1, -0.05) is 13.0 Å². The number of rotatable bonds is 6. The third kappa shape index (κ3) is 4.43. The Labute approximate surface area is 168 Å². The molecular weight excluding hydrogens is 400 g/mol. The first kappa shape index (κ1) is 20.5. The van der Waals surface area contributed by atoms with Crippen LogP contribution < -0.4 is 19.5 Å². The van der Waals surface area contributed by atoms with E-state index in [1.807, 2.05) is 6.92 Å². The van der Waals surface area contributed by atoms with Gasteiger partial charge in [-0.2, -0.15) is 0 Å². The molecule has 2 N–H and O–H groups in total. The van der Waals surface area contributed by atoms with E-state index < -0.39 is 10.0 Å². The maximum Gasteiger partial charge on any atom is 0.240 e. The molecule has 1 amide bonds. The van der Waals surface area contributed by atoms with Crippen LogP contribution in [0.5, 0.6) is 11.5 Å². The molecule has 28 heavy (non-hydrogen) atoms. The van der Waals surface area contributed by atoms with Gasteiger partial charge in [-0.15, -0.1) is 11.8 Å². The summed E-state index contributed by atoms with van der Waals surface area (Å²) in [5.74, 6) is 1.50. The van der Waals surface area contributed by atoms with Gasteiger partial charge in [0.15, 0.2) is 11.5 Å². The lowest BCUT2D eigenvalue weighted by atomic mass is 10.2. The molecule has 2 aromatic carbocycles. The van der Waals surface area contributed by atoms with Crippen LogP contribution in [0.15, 0.2) is 46.2 Å². The van der Waals surface area contributed by atoms with Crippen LogP contribution in [0, 0.1) is 5.92 Å². The monoisotopic (exact) mass is 422 g/mol. The number of hydrogen-bond donors (Lipinski definition) is 2. The molecule has 0 saturated heterocycles. The van der Waals surface area contributed by atoms with Crippen molar-refractivity contribution in [3.63, 3.8) is 0 Å². The van der Waals surface area contributed by atoms with Crippen molar-refractivity contribution < 1.29 is 22.7 Å². The first-order chi connectivity index (χ1) is 13.3. The molecule has 2 aromatic rings. The Balaban J connectivity index is 1.78. The molecule has 1 atom stereocenters. The summed E-state index contributed by atoms with van der Waals surface area (Å²) in [4.78, 5) is 13.0. The van der Waals surface area contributed by atoms with Gasteiger partial charge >= 0.3 is 0 Å². The van der Waals surface area contributed by atoms with E-state index in [9.17, 15) is 13.2 Å². The molecule has 0 radical (unpaired) electrons. The molecule has 1 aliphatic rings. The fraction of sp³-hybridized carbons (Fsp3) is 0.316. The van der Waals surface area contributed by atoms with Crippen molar-refractivity contribution in [1.29, 1.82) is 0 Å². The summed E-state index contributed by atoms with van der Waals surface area (Å²) in [6.45, 7) is 1.94. The minimum Gasteiger partial charge on any atom is -0.493 e. The number of methoxy groups -OCH3 is 2. The minimum absolute atomic E-state index is 0.0952. The molecule has 0 spiro atoms. The van der Waals surface area contributed by atoms with Crippen LogP contribution in [-0.4, -0.2) is 34.3 Å². The Bertz CT molecular complexity index is 992. The van der Waals surface area contributed by atoms with Crippen molar-refractivity contribution >= 4 is 33.4 Å². The highest BCUT2D eigenvalue weighted by molar-refractivity contribution is 7.99. The summed E-state index contributed by atoms with van der Waals surface area (Å²) in [7, 11) is -0.692. The van der Waals surface area contributed by atoms with Crippen LogP contribution >= 0.6 is 11.8 Å². The van der Waals surface area contributed by atoms with E-state index in [1.54, 1.807) is 30.3 Å². The molecule has 0 aromatic heterocycles. The normalized spacial score (nSPS) is 16.7. The number of sulfonamides is 1. The zero-order chi connectivity index (χ0) is 20.3. The van der Waals surface area contributed by atoms with E-state index in [-0.39, 0.29) is 23.3 Å². The van der Waals surface area contributed by atoms with E-state index in [4.69, 9.17) is 9.47 Å². The van der Waals surface area contributed by atoms with Crippen LogP contribution in [0.4, 0.5) is 5.69 Å². The average Bonchev–Trinajstić information content (AvgIpc) is 2.84. The molecule has 150 valence electrons. The van der Waals surface area contributed by atoms with Gasteiger partial charge in [-0.3, -0.25) is 4.79 Å². The largest absolute Gasteiger partial charge is 0.493 e. The van der Waals surface area contributed by atoms with Crippen molar-refractivity contribution in [2.45, 2.75) is 23.3 Å². The lowest BCUT2D eigenvalue weighted by Crippen LogP contribution is -2.24. The predicted octanol–water partition coefficient (Wildman–Crippen LogP) is 2.86. The van der Waals surface area contributed by atoms with Gasteiger partial charge in [0.25, 0.3) is 0 Å². The standard InChI is InChI=1S/C19H22N2O5S2/c1-12-11-27-18-7-5-14(9-15(18)21-19(12)22)28(23,24)20-10-13-4-6-16(25-2)17(8-13)26-3/h4-9,12,20H,10-11H2,1-3H3,(H,21,22). The summed E-state index contributed by atoms with van der Waals surface area (Å²) >= 11 is 1.53. The Morgan fingerprint density at radius 2 is 1.89 bits per heavy atom. The van der Waals surface area contributed by atoms with Crippen LogP contribution in [-0.2, 0) is 21.4 Å². The lowest BCUT2D eigenvalue weighted by molar-refractivity contribution is -0.118. The number of amides is 1. The van der Waals surface area contributed by atoms with Crippen molar-refractivity contribution in [1.82, 2.24) is 4.72 Å². The zero-order valence-electron chi connectivity index (χ0n) is 15.8. The average molecular weight is 423 g/mol. The molecule has 0 bridgehead atoms. The molecule has 1 unspecified atom stereocenters. The quantitative estimate of drug-likeness (QED) is 0.744. The number of benzene rings is 2. The number of hydrogen-bond acceptors (Lipinski definition) is 6. The number of fused-ring (bicyclic) bond motifs is 1. The van der Waals surface area contributed by atoms with Crippen LogP contribution in [0.1, 0.15) is 12.5 Å². The van der Waals surface area contributed by atoms with Gasteiger partial charge in [-0.25, -0.2) is 13.1 Å². The van der Waals surface area contributed by atoms with Gasteiger partial charge in [0, 0.05) is 23.1 Å². The van der Waals surface area contributed by atoms with Crippen molar-refractivity contribution in [3.8, 4) is 11.5 Å². The lowest BCUT2D eigenvalue weighted by Gasteiger charge is -2.12. The van der Waals surface area contributed by atoms with Gasteiger partial charge in [-0.05, 0) is 35.9 Å². The Hall–Kier alpha value is -2.23. The second kappa shape index (κ2) is 8.42. The highest BCUT2D eigenvalue weighted by Gasteiger charge is 2.23. The van der Waals surface area contributed by atoms with Crippen molar-refractivity contribution in [2.24, 2.45) is 5.92 Å². The van der Waals surface area contributed by atoms with E-state index in [0.717, 1.165) is 10.5 Å². The number of nitrogens with one attached hydrogen (secondary N) is 2. The summed E-state index contributed by atoms with van der Waals surface area (Å²) in [6, 6.07) is 9.97. The number of thioether (sulfide) groups is 1. The predicted molar refractivity (Wildman–Crippen MR) is 109 cm³/mol. The highest BCUT2D eigenvalue weighted by Crippen LogP contribution is 2.34. The Morgan fingerprint density at radius 1 is 1.14 bits per heavy atom. The summed E-state index contributed by atoms with van der Waals surface area (Å²) < 4.78 is 38.4. The van der Waals surface area contributed by atoms with E-state index >= 15 is 0 Å². The maximum atomic E-state index is 12.7. The molecule has 1 heterocycles. The first-order valence-corrected chi connectivity index (χ1v) is 11.1. The van der Waals surface area contributed by atoms with E-state index in [0.29, 0.717) is 22.9 Å². The molecule has 7 nitrogen and oxygen atoms in total. The van der Waals surface area contributed by atoms with E-state index in [2.05, 4.69) is 10.0 Å². The van der Waals surface area contributed by atoms with Crippen LogP contribution in [0.3, 0.4) is 0 Å². The Morgan fingerprint density at radius 3 is 2.61 bits per heavy atom. The van der Waals surface area contributed by atoms with Crippen molar-refractivity contribution in [3.05, 3.63) is 42.0 Å². The van der Waals surface area contributed by atoms with Gasteiger partial charge in [0.2, 0.25) is 15.9 Å². The molecule has 3 rings (SSSR count). The highest BCUT2D eigenvalue weighted by atomic mass is 32.2. The van der Waals surface area contributed by atoms with E-state index in [1.165, 1.54) is 32.0 Å². The first-order valence-electron chi connectivity index (χ1n) is 8.62. The number of carbonyl (C=O) groups is 1. The molecule has 0 aliphatic carbocycles.